The minimum Gasteiger partial charge on any atom is -0.368 e. The van der Waals surface area contributed by atoms with E-state index in [4.69, 9.17) is 5.26 Å². The van der Waals surface area contributed by atoms with Gasteiger partial charge in [0.1, 0.15) is 5.82 Å². The lowest BCUT2D eigenvalue weighted by Crippen LogP contribution is -2.43. The molecule has 0 saturated carbocycles. The highest BCUT2D eigenvalue weighted by Crippen LogP contribution is 2.27. The van der Waals surface area contributed by atoms with E-state index in [1.165, 1.54) is 0 Å². The maximum absolute atomic E-state index is 13.0. The molecule has 4 amide bonds. The van der Waals surface area contributed by atoms with Gasteiger partial charge in [-0.05, 0) is 88.4 Å². The quantitative estimate of drug-likeness (QED) is 0.143. The highest BCUT2D eigenvalue weighted by atomic mass is 16.2. The van der Waals surface area contributed by atoms with E-state index in [9.17, 15) is 14.4 Å². The molecule has 13 heteroatoms. The van der Waals surface area contributed by atoms with Gasteiger partial charge in [-0.15, -0.1) is 0 Å². The number of aromatic nitrogens is 2. The molecule has 0 radical (unpaired) electrons. The van der Waals surface area contributed by atoms with Gasteiger partial charge in [0, 0.05) is 42.1 Å². The zero-order valence-electron chi connectivity index (χ0n) is 24.7. The number of carbonyl (C=O) groups excluding carboxylic acids is 3. The van der Waals surface area contributed by atoms with E-state index in [2.05, 4.69) is 60.4 Å². The van der Waals surface area contributed by atoms with Crippen molar-refractivity contribution in [1.82, 2.24) is 25.5 Å². The van der Waals surface area contributed by atoms with Crippen molar-refractivity contribution in [1.29, 1.82) is 5.26 Å². The Balaban J connectivity index is 1.36. The van der Waals surface area contributed by atoms with Crippen LogP contribution in [0.3, 0.4) is 0 Å². The van der Waals surface area contributed by atoms with Crippen molar-refractivity contribution in [2.24, 2.45) is 0 Å². The van der Waals surface area contributed by atoms with E-state index in [1.54, 1.807) is 48.7 Å². The molecule has 4 rings (SSSR count). The number of urea groups is 1. The number of amides is 4. The maximum Gasteiger partial charge on any atom is 0.319 e. The van der Waals surface area contributed by atoms with Crippen molar-refractivity contribution in [3.63, 3.8) is 0 Å². The van der Waals surface area contributed by atoms with Gasteiger partial charge in [-0.2, -0.15) is 10.2 Å². The fraction of sp³-hybridized carbons (Fsp3) is 0.290. The molecular formula is C31H36N10O3. The number of nitrogens with one attached hydrogen (secondary N) is 6. The van der Waals surface area contributed by atoms with E-state index in [0.29, 0.717) is 47.1 Å². The van der Waals surface area contributed by atoms with Crippen molar-refractivity contribution in [3.05, 3.63) is 78.0 Å². The molecule has 1 fully saturated rings. The van der Waals surface area contributed by atoms with Crippen LogP contribution in [0.5, 0.6) is 0 Å². The molecule has 3 aromatic rings. The number of piperidine rings is 1. The molecular weight excluding hydrogens is 560 g/mol. The highest BCUT2D eigenvalue weighted by Gasteiger charge is 2.20. The van der Waals surface area contributed by atoms with Gasteiger partial charge in [-0.1, -0.05) is 6.58 Å². The molecule has 0 aliphatic carbocycles. The molecule has 1 saturated heterocycles. The van der Waals surface area contributed by atoms with E-state index >= 15 is 0 Å². The Bertz CT molecular complexity index is 1540. The smallest absolute Gasteiger partial charge is 0.319 e. The topological polar surface area (TPSA) is 176 Å². The predicted molar refractivity (Wildman–Crippen MR) is 170 cm³/mol. The second-order valence-electron chi connectivity index (χ2n) is 10.4. The minimum atomic E-state index is -0.427. The number of anilines is 5. The summed E-state index contributed by atoms with van der Waals surface area (Å²) in [4.78, 5) is 48.5. The van der Waals surface area contributed by atoms with Crippen LogP contribution >= 0.6 is 0 Å². The third-order valence-electron chi connectivity index (χ3n) is 6.97. The number of hydrogen-bond acceptors (Lipinski definition) is 9. The summed E-state index contributed by atoms with van der Waals surface area (Å²) < 4.78 is 0. The van der Waals surface area contributed by atoms with E-state index in [0.717, 1.165) is 37.6 Å². The van der Waals surface area contributed by atoms with E-state index in [1.807, 2.05) is 13.0 Å². The van der Waals surface area contributed by atoms with Crippen LogP contribution in [0.15, 0.2) is 61.3 Å². The van der Waals surface area contributed by atoms with Crippen LogP contribution in [-0.4, -0.2) is 72.0 Å². The van der Waals surface area contributed by atoms with Crippen LogP contribution < -0.4 is 31.9 Å². The van der Waals surface area contributed by atoms with Crippen LogP contribution in [0, 0.1) is 18.3 Å². The van der Waals surface area contributed by atoms with E-state index < -0.39 is 5.91 Å². The molecule has 1 aromatic heterocycles. The van der Waals surface area contributed by atoms with Gasteiger partial charge < -0.3 is 36.8 Å². The summed E-state index contributed by atoms with van der Waals surface area (Å²) in [5.41, 5.74) is 3.16. The summed E-state index contributed by atoms with van der Waals surface area (Å²) in [6, 6.07) is 13.3. The zero-order chi connectivity index (χ0) is 31.5. The fourth-order valence-corrected chi connectivity index (χ4v) is 4.47. The Morgan fingerprint density at radius 3 is 2.52 bits per heavy atom. The van der Waals surface area contributed by atoms with Gasteiger partial charge in [0.15, 0.2) is 0 Å². The lowest BCUT2D eigenvalue weighted by atomic mass is 10.0. The van der Waals surface area contributed by atoms with Gasteiger partial charge >= 0.3 is 6.03 Å². The first-order chi connectivity index (χ1) is 21.2. The Hall–Kier alpha value is -5.48. The van der Waals surface area contributed by atoms with E-state index in [-0.39, 0.29) is 23.9 Å². The average Bonchev–Trinajstić information content (AvgIpc) is 3.02. The molecule has 1 aliphatic heterocycles. The molecule has 228 valence electrons. The second-order valence-corrected chi connectivity index (χ2v) is 10.4. The fourth-order valence-electron chi connectivity index (χ4n) is 4.47. The Kier molecular flexibility index (Phi) is 10.8. The highest BCUT2D eigenvalue weighted by molar-refractivity contribution is 6.03. The number of aryl methyl sites for hydroxylation is 1. The maximum atomic E-state index is 13.0. The summed E-state index contributed by atoms with van der Waals surface area (Å²) in [5.74, 6) is 0.186. The summed E-state index contributed by atoms with van der Waals surface area (Å²) >= 11 is 0. The van der Waals surface area contributed by atoms with Gasteiger partial charge in [0.05, 0.1) is 23.0 Å². The Morgan fingerprint density at radius 1 is 1.07 bits per heavy atom. The molecule has 0 spiro atoms. The lowest BCUT2D eigenvalue weighted by molar-refractivity contribution is -0.111. The average molecular weight is 597 g/mol. The molecule has 13 nitrogen and oxygen atoms in total. The van der Waals surface area contributed by atoms with Crippen molar-refractivity contribution in [3.8, 4) is 6.07 Å². The summed E-state index contributed by atoms with van der Waals surface area (Å²) in [6.45, 7) is 7.92. The summed E-state index contributed by atoms with van der Waals surface area (Å²) in [5, 5.41) is 26.5. The standard InChI is InChI=1S/C31H36N10O3/c1-4-27(42)38-26-17-22(29(43)36-24-11-15-41(3)16-12-24)7-10-25(26)39-30-35-19-20(2)28(40-30)33-13-14-34-31(44)37-23-8-5-21(18-32)6-9-23/h4-10,17,19,24H,1,11-16H2,2-3H3,(H,36,43)(H,38,42)(H2,34,37,44)(H2,33,35,39,40). The minimum absolute atomic E-state index is 0.0988. The normalized spacial score (nSPS) is 13.2. The Morgan fingerprint density at radius 2 is 1.82 bits per heavy atom. The summed E-state index contributed by atoms with van der Waals surface area (Å²) in [7, 11) is 2.06. The third kappa shape index (κ3) is 9.01. The molecule has 0 unspecified atom stereocenters. The number of rotatable bonds is 11. The van der Waals surface area contributed by atoms with Gasteiger partial charge in [-0.25, -0.2) is 9.78 Å². The number of hydrogen-bond donors (Lipinski definition) is 6. The van der Waals surface area contributed by atoms with Crippen LogP contribution in [0.25, 0.3) is 0 Å². The number of benzene rings is 2. The van der Waals surface area contributed by atoms with Gasteiger partial charge in [0.2, 0.25) is 11.9 Å². The first-order valence-corrected chi connectivity index (χ1v) is 14.2. The lowest BCUT2D eigenvalue weighted by Gasteiger charge is -2.29. The molecule has 44 heavy (non-hydrogen) atoms. The van der Waals surface area contributed by atoms with Crippen LogP contribution in [0.2, 0.25) is 0 Å². The number of carbonyl (C=O) groups is 3. The van der Waals surface area contributed by atoms with Crippen LogP contribution in [-0.2, 0) is 4.79 Å². The SMILES string of the molecule is C=CC(=O)Nc1cc(C(=O)NC2CCN(C)CC2)ccc1Nc1ncc(C)c(NCCNC(=O)Nc2ccc(C#N)cc2)n1. The van der Waals surface area contributed by atoms with Crippen molar-refractivity contribution in [2.75, 3.05) is 54.5 Å². The molecule has 1 aliphatic rings. The molecule has 0 atom stereocenters. The molecule has 2 aromatic carbocycles. The van der Waals surface area contributed by atoms with Crippen molar-refractivity contribution < 1.29 is 14.4 Å². The first kappa shape index (κ1) is 31.5. The van der Waals surface area contributed by atoms with Crippen molar-refractivity contribution in [2.45, 2.75) is 25.8 Å². The van der Waals surface area contributed by atoms with Gasteiger partial charge in [0.25, 0.3) is 5.91 Å². The third-order valence-corrected chi connectivity index (χ3v) is 6.97. The number of nitrogens with zero attached hydrogens (tertiary/aromatic N) is 4. The monoisotopic (exact) mass is 596 g/mol. The predicted octanol–water partition coefficient (Wildman–Crippen LogP) is 3.58. The largest absolute Gasteiger partial charge is 0.368 e. The summed E-state index contributed by atoms with van der Waals surface area (Å²) in [6.07, 6.45) is 4.56. The molecule has 6 N–H and O–H groups in total. The van der Waals surface area contributed by atoms with Crippen LogP contribution in [0.4, 0.5) is 33.6 Å². The molecule has 2 heterocycles. The second kappa shape index (κ2) is 15.1. The van der Waals surface area contributed by atoms with Gasteiger partial charge in [-0.3, -0.25) is 9.59 Å². The number of likely N-dealkylation sites (tertiary alicyclic amines) is 1. The zero-order valence-corrected chi connectivity index (χ0v) is 24.7. The van der Waals surface area contributed by atoms with Crippen molar-refractivity contribution >= 4 is 46.7 Å². The Labute approximate surface area is 256 Å². The molecule has 0 bridgehead atoms. The number of nitriles is 1. The van der Waals surface area contributed by atoms with Crippen LogP contribution in [0.1, 0.15) is 34.3 Å². The first-order valence-electron chi connectivity index (χ1n) is 14.2.